The molecule has 0 bridgehead atoms. The molecule has 0 aliphatic heterocycles. The maximum Gasteiger partial charge on any atom is 0.287 e. The summed E-state index contributed by atoms with van der Waals surface area (Å²) < 4.78 is 5.31. The fourth-order valence-electron chi connectivity index (χ4n) is 1.90. The van der Waals surface area contributed by atoms with Crippen molar-refractivity contribution in [1.82, 2.24) is 10.8 Å². The lowest BCUT2D eigenvalue weighted by Gasteiger charge is -2.18. The summed E-state index contributed by atoms with van der Waals surface area (Å²) in [7, 11) is 0. The smallest absolute Gasteiger partial charge is 0.287 e. The van der Waals surface area contributed by atoms with Gasteiger partial charge in [0.15, 0.2) is 11.2 Å². The van der Waals surface area contributed by atoms with Gasteiger partial charge in [-0.1, -0.05) is 12.1 Å². The van der Waals surface area contributed by atoms with Crippen molar-refractivity contribution in [3.05, 3.63) is 46.3 Å². The first kappa shape index (κ1) is 15.7. The van der Waals surface area contributed by atoms with Crippen LogP contribution in [0.2, 0.25) is 0 Å². The van der Waals surface area contributed by atoms with Crippen LogP contribution < -0.4 is 16.2 Å². The number of carbonyl (C=O) groups excluding carboxylic acids is 2. The van der Waals surface area contributed by atoms with E-state index in [2.05, 4.69) is 5.32 Å². The third-order valence-electron chi connectivity index (χ3n) is 3.02. The van der Waals surface area contributed by atoms with Gasteiger partial charge < -0.3 is 14.8 Å². The molecule has 0 aliphatic rings. The molecule has 8 heteroatoms. The first-order valence-corrected chi connectivity index (χ1v) is 6.40. The fraction of sp³-hybridized carbons (Fsp3) is 0.214. The van der Waals surface area contributed by atoms with Gasteiger partial charge in [-0.3, -0.25) is 19.6 Å². The third-order valence-corrected chi connectivity index (χ3v) is 3.02. The lowest BCUT2D eigenvalue weighted by Crippen LogP contribution is -2.51. The molecular weight excluding hydrogens is 292 g/mol. The number of para-hydroxylation sites is 1. The molecule has 0 unspecified atom stereocenters. The molecule has 0 saturated heterocycles. The van der Waals surface area contributed by atoms with Crippen molar-refractivity contribution in [3.63, 3.8) is 0 Å². The summed E-state index contributed by atoms with van der Waals surface area (Å²) in [6, 6.07) is 5.99. The second-order valence-electron chi connectivity index (χ2n) is 4.64. The number of hydrogen-bond donors (Lipinski definition) is 4. The standard InChI is InChI=1S/C14H14N2O6/c1-7(17)12(14(20)16-21)15-13(19)11-6-9(18)8-4-2-3-5-10(8)22-11/h2-7,12,17,21H,1H3,(H,15,19)(H,16,20)/t7-,12+/m1/s1. The minimum Gasteiger partial charge on any atom is -0.451 e. The first-order chi connectivity index (χ1) is 10.4. The van der Waals surface area contributed by atoms with Crippen molar-refractivity contribution in [1.29, 1.82) is 0 Å². The van der Waals surface area contributed by atoms with Gasteiger partial charge in [0.05, 0.1) is 11.5 Å². The fourth-order valence-corrected chi connectivity index (χ4v) is 1.90. The van der Waals surface area contributed by atoms with Crippen LogP contribution in [0.3, 0.4) is 0 Å². The lowest BCUT2D eigenvalue weighted by molar-refractivity contribution is -0.133. The van der Waals surface area contributed by atoms with E-state index in [0.717, 1.165) is 6.07 Å². The Labute approximate surface area is 124 Å². The number of aliphatic hydroxyl groups excluding tert-OH is 1. The molecule has 2 rings (SSSR count). The number of nitrogens with one attached hydrogen (secondary N) is 2. The van der Waals surface area contributed by atoms with Gasteiger partial charge >= 0.3 is 0 Å². The average Bonchev–Trinajstić information content (AvgIpc) is 2.51. The first-order valence-electron chi connectivity index (χ1n) is 6.40. The van der Waals surface area contributed by atoms with Crippen molar-refractivity contribution in [2.24, 2.45) is 0 Å². The molecule has 116 valence electrons. The monoisotopic (exact) mass is 306 g/mol. The van der Waals surface area contributed by atoms with Gasteiger partial charge in [-0.15, -0.1) is 0 Å². The molecule has 2 amide bonds. The average molecular weight is 306 g/mol. The van der Waals surface area contributed by atoms with Crippen molar-refractivity contribution in [3.8, 4) is 0 Å². The molecule has 8 nitrogen and oxygen atoms in total. The van der Waals surface area contributed by atoms with E-state index in [1.807, 2.05) is 0 Å². The Morgan fingerprint density at radius 2 is 1.95 bits per heavy atom. The van der Waals surface area contributed by atoms with E-state index in [9.17, 15) is 19.5 Å². The highest BCUT2D eigenvalue weighted by atomic mass is 16.5. The van der Waals surface area contributed by atoms with E-state index < -0.39 is 29.4 Å². The van der Waals surface area contributed by atoms with E-state index in [4.69, 9.17) is 9.62 Å². The zero-order chi connectivity index (χ0) is 16.3. The van der Waals surface area contributed by atoms with Gasteiger partial charge in [0.1, 0.15) is 11.6 Å². The normalized spacial score (nSPS) is 13.4. The topological polar surface area (TPSA) is 129 Å². The Bertz CT molecular complexity index is 767. The van der Waals surface area contributed by atoms with Gasteiger partial charge in [0.2, 0.25) is 0 Å². The molecule has 2 aromatic rings. The molecule has 0 aliphatic carbocycles. The molecule has 22 heavy (non-hydrogen) atoms. The van der Waals surface area contributed by atoms with Gasteiger partial charge in [0, 0.05) is 6.07 Å². The number of rotatable bonds is 4. The molecule has 1 aromatic heterocycles. The molecule has 1 aromatic carbocycles. The van der Waals surface area contributed by atoms with E-state index in [0.29, 0.717) is 5.39 Å². The Kier molecular flexibility index (Phi) is 4.54. The Morgan fingerprint density at radius 3 is 2.59 bits per heavy atom. The summed E-state index contributed by atoms with van der Waals surface area (Å²) in [5.41, 5.74) is 1.15. The number of aliphatic hydroxyl groups is 1. The summed E-state index contributed by atoms with van der Waals surface area (Å²) in [6.45, 7) is 1.26. The minimum absolute atomic E-state index is 0.223. The largest absolute Gasteiger partial charge is 0.451 e. The second-order valence-corrected chi connectivity index (χ2v) is 4.64. The number of hydrogen-bond acceptors (Lipinski definition) is 6. The predicted molar refractivity (Wildman–Crippen MR) is 75.3 cm³/mol. The molecular formula is C14H14N2O6. The number of hydroxylamine groups is 1. The third kappa shape index (κ3) is 3.13. The van der Waals surface area contributed by atoms with Crippen LogP contribution in [0.4, 0.5) is 0 Å². The van der Waals surface area contributed by atoms with Crippen LogP contribution in [0.5, 0.6) is 0 Å². The van der Waals surface area contributed by atoms with Crippen LogP contribution in [-0.4, -0.2) is 34.3 Å². The van der Waals surface area contributed by atoms with Gasteiger partial charge in [0.25, 0.3) is 11.8 Å². The lowest BCUT2D eigenvalue weighted by atomic mass is 10.1. The van der Waals surface area contributed by atoms with Crippen LogP contribution in [0.1, 0.15) is 17.5 Å². The Morgan fingerprint density at radius 1 is 1.27 bits per heavy atom. The maximum atomic E-state index is 12.1. The molecule has 0 fully saturated rings. The zero-order valence-electron chi connectivity index (χ0n) is 11.6. The molecule has 1 heterocycles. The van der Waals surface area contributed by atoms with Crippen molar-refractivity contribution >= 4 is 22.8 Å². The van der Waals surface area contributed by atoms with Crippen molar-refractivity contribution < 1.29 is 24.3 Å². The summed E-state index contributed by atoms with van der Waals surface area (Å²) in [4.78, 5) is 35.3. The Balaban J connectivity index is 2.33. The molecule has 0 radical (unpaired) electrons. The van der Waals surface area contributed by atoms with Gasteiger partial charge in [-0.05, 0) is 19.1 Å². The van der Waals surface area contributed by atoms with Crippen LogP contribution in [0.15, 0.2) is 39.5 Å². The maximum absolute atomic E-state index is 12.1. The molecule has 4 N–H and O–H groups in total. The molecule has 2 atom stereocenters. The predicted octanol–water partition coefficient (Wildman–Crippen LogP) is -0.222. The Hall–Kier alpha value is -2.71. The highest BCUT2D eigenvalue weighted by molar-refractivity contribution is 5.96. The summed E-state index contributed by atoms with van der Waals surface area (Å²) in [6.07, 6.45) is -1.26. The summed E-state index contributed by atoms with van der Waals surface area (Å²) in [5, 5.41) is 20.5. The highest BCUT2D eigenvalue weighted by Crippen LogP contribution is 2.11. The summed E-state index contributed by atoms with van der Waals surface area (Å²) in [5.74, 6) is -2.16. The van der Waals surface area contributed by atoms with Crippen molar-refractivity contribution in [2.45, 2.75) is 19.1 Å². The zero-order valence-corrected chi connectivity index (χ0v) is 11.6. The number of amides is 2. The van der Waals surface area contributed by atoms with E-state index >= 15 is 0 Å². The summed E-state index contributed by atoms with van der Waals surface area (Å²) >= 11 is 0. The minimum atomic E-state index is -1.39. The van der Waals surface area contributed by atoms with Crippen molar-refractivity contribution in [2.75, 3.05) is 0 Å². The molecule has 0 saturated carbocycles. The quantitative estimate of drug-likeness (QED) is 0.456. The van der Waals surface area contributed by atoms with Gasteiger partial charge in [-0.25, -0.2) is 5.48 Å². The van der Waals surface area contributed by atoms with Crippen LogP contribution in [-0.2, 0) is 4.79 Å². The number of carbonyl (C=O) groups is 2. The van der Waals surface area contributed by atoms with E-state index in [1.54, 1.807) is 18.2 Å². The van der Waals surface area contributed by atoms with E-state index in [1.165, 1.54) is 18.5 Å². The number of fused-ring (bicyclic) bond motifs is 1. The van der Waals surface area contributed by atoms with E-state index in [-0.39, 0.29) is 11.3 Å². The van der Waals surface area contributed by atoms with Crippen LogP contribution in [0, 0.1) is 0 Å². The second kappa shape index (κ2) is 6.37. The molecule has 0 spiro atoms. The SMILES string of the molecule is C[C@@H](O)[C@H](NC(=O)c1cc(=O)c2ccccc2o1)C(=O)NO. The highest BCUT2D eigenvalue weighted by Gasteiger charge is 2.26. The number of benzene rings is 1. The van der Waals surface area contributed by atoms with Gasteiger partial charge in [-0.2, -0.15) is 0 Å². The van der Waals surface area contributed by atoms with Crippen LogP contribution in [0.25, 0.3) is 11.0 Å². The van der Waals surface area contributed by atoms with Crippen LogP contribution >= 0.6 is 0 Å².